The van der Waals surface area contributed by atoms with E-state index >= 15 is 0 Å². The lowest BCUT2D eigenvalue weighted by Crippen LogP contribution is -2.16. The minimum Gasteiger partial charge on any atom is -0.496 e. The summed E-state index contributed by atoms with van der Waals surface area (Å²) in [6.45, 7) is 4.08. The number of thiazole rings is 1. The highest BCUT2D eigenvalue weighted by Gasteiger charge is 2.14. The molecule has 1 amide bonds. The average Bonchev–Trinajstić information content (AvgIpc) is 2.98. The Balaban J connectivity index is 2.18. The Morgan fingerprint density at radius 2 is 2.15 bits per heavy atom. The lowest BCUT2D eigenvalue weighted by molar-refractivity contribution is -0.384. The molecular weight excluding hydrogens is 354 g/mol. The van der Waals surface area contributed by atoms with E-state index in [9.17, 15) is 14.9 Å². The third-order valence-corrected chi connectivity index (χ3v) is 4.78. The van der Waals surface area contributed by atoms with Gasteiger partial charge in [0.15, 0.2) is 4.80 Å². The molecule has 3 aromatic rings. The first-order chi connectivity index (χ1) is 12.5. The molecule has 2 aromatic carbocycles. The van der Waals surface area contributed by atoms with E-state index in [1.807, 2.05) is 0 Å². The Kier molecular flexibility index (Phi) is 4.94. The van der Waals surface area contributed by atoms with E-state index in [2.05, 4.69) is 11.6 Å². The van der Waals surface area contributed by atoms with Crippen LogP contribution in [0.3, 0.4) is 0 Å². The number of benzene rings is 2. The van der Waals surface area contributed by atoms with Crippen LogP contribution in [0.4, 0.5) is 5.69 Å². The van der Waals surface area contributed by atoms with Gasteiger partial charge in [0.1, 0.15) is 5.75 Å². The SMILES string of the molecule is C=CCn1c(=NC(=O)c2ccccc2OC)sc2ccc([N+](=O)[O-])cc21. The fraction of sp³-hybridized carbons (Fsp3) is 0.111. The van der Waals surface area contributed by atoms with Crippen LogP contribution in [0.25, 0.3) is 10.2 Å². The molecule has 26 heavy (non-hydrogen) atoms. The number of methoxy groups -OCH3 is 1. The molecule has 0 atom stereocenters. The third kappa shape index (κ3) is 3.27. The summed E-state index contributed by atoms with van der Waals surface area (Å²) < 4.78 is 7.73. The van der Waals surface area contributed by atoms with Gasteiger partial charge in [0.25, 0.3) is 11.6 Å². The molecular formula is C18H15N3O4S. The second kappa shape index (κ2) is 7.32. The molecule has 0 spiro atoms. The number of aromatic nitrogens is 1. The van der Waals surface area contributed by atoms with E-state index in [4.69, 9.17) is 4.74 Å². The van der Waals surface area contributed by atoms with Crippen molar-refractivity contribution in [2.24, 2.45) is 4.99 Å². The van der Waals surface area contributed by atoms with Crippen LogP contribution in [0.5, 0.6) is 5.75 Å². The number of ether oxygens (including phenoxy) is 1. The van der Waals surface area contributed by atoms with Crippen molar-refractivity contribution >= 4 is 33.1 Å². The van der Waals surface area contributed by atoms with E-state index < -0.39 is 10.8 Å². The number of carbonyl (C=O) groups is 1. The first-order valence-corrected chi connectivity index (χ1v) is 8.47. The summed E-state index contributed by atoms with van der Waals surface area (Å²) >= 11 is 1.28. The van der Waals surface area contributed by atoms with Gasteiger partial charge in [0, 0.05) is 18.7 Å². The predicted molar refractivity (Wildman–Crippen MR) is 99.6 cm³/mol. The fourth-order valence-electron chi connectivity index (χ4n) is 2.53. The van der Waals surface area contributed by atoms with E-state index in [1.165, 1.54) is 30.6 Å². The second-order valence-electron chi connectivity index (χ2n) is 5.31. The fourth-order valence-corrected chi connectivity index (χ4v) is 3.55. The first kappa shape index (κ1) is 17.6. The van der Waals surface area contributed by atoms with Crippen LogP contribution in [0.15, 0.2) is 60.1 Å². The maximum Gasteiger partial charge on any atom is 0.283 e. The van der Waals surface area contributed by atoms with E-state index in [0.717, 1.165) is 4.70 Å². The maximum atomic E-state index is 12.6. The molecule has 0 radical (unpaired) electrons. The van der Waals surface area contributed by atoms with Gasteiger partial charge in [-0.25, -0.2) is 0 Å². The highest BCUT2D eigenvalue weighted by atomic mass is 32.1. The summed E-state index contributed by atoms with van der Waals surface area (Å²) in [6, 6.07) is 11.4. The van der Waals surface area contributed by atoms with E-state index in [0.29, 0.717) is 28.2 Å². The summed E-state index contributed by atoms with van der Waals surface area (Å²) in [7, 11) is 1.49. The standard InChI is InChI=1S/C18H15N3O4S/c1-3-10-20-14-11-12(21(23)24)8-9-16(14)26-18(20)19-17(22)13-6-4-5-7-15(13)25-2/h3-9,11H,1,10H2,2H3. The average molecular weight is 369 g/mol. The van der Waals surface area contributed by atoms with Gasteiger partial charge in [0.05, 0.1) is 27.8 Å². The van der Waals surface area contributed by atoms with Crippen molar-refractivity contribution in [3.63, 3.8) is 0 Å². The van der Waals surface area contributed by atoms with Crippen LogP contribution < -0.4 is 9.54 Å². The van der Waals surface area contributed by atoms with Crippen LogP contribution in [-0.2, 0) is 6.54 Å². The molecule has 0 aliphatic heterocycles. The number of para-hydroxylation sites is 1. The molecule has 0 fully saturated rings. The monoisotopic (exact) mass is 369 g/mol. The number of carbonyl (C=O) groups excluding carboxylic acids is 1. The summed E-state index contributed by atoms with van der Waals surface area (Å²) in [5, 5.41) is 11.0. The number of allylic oxidation sites excluding steroid dienone is 1. The van der Waals surface area contributed by atoms with Crippen LogP contribution in [-0.4, -0.2) is 22.5 Å². The molecule has 1 heterocycles. The molecule has 0 saturated carbocycles. The normalized spacial score (nSPS) is 11.5. The minimum atomic E-state index is -0.452. The number of nitro benzene ring substituents is 1. The number of hydrogen-bond donors (Lipinski definition) is 0. The van der Waals surface area contributed by atoms with Crippen molar-refractivity contribution < 1.29 is 14.5 Å². The zero-order valence-corrected chi connectivity index (χ0v) is 14.7. The van der Waals surface area contributed by atoms with Gasteiger partial charge < -0.3 is 9.30 Å². The molecule has 8 heteroatoms. The van der Waals surface area contributed by atoms with E-state index in [-0.39, 0.29) is 5.69 Å². The van der Waals surface area contributed by atoms with Crippen LogP contribution >= 0.6 is 11.3 Å². The number of hydrogen-bond acceptors (Lipinski definition) is 5. The van der Waals surface area contributed by atoms with Gasteiger partial charge in [-0.1, -0.05) is 29.5 Å². The number of non-ortho nitro benzene ring substituents is 1. The predicted octanol–water partition coefficient (Wildman–Crippen LogP) is 3.55. The van der Waals surface area contributed by atoms with Gasteiger partial charge in [-0.05, 0) is 18.2 Å². The van der Waals surface area contributed by atoms with Crippen molar-refractivity contribution in [3.8, 4) is 5.75 Å². The van der Waals surface area contributed by atoms with Gasteiger partial charge in [-0.2, -0.15) is 4.99 Å². The Bertz CT molecular complexity index is 1080. The highest BCUT2D eigenvalue weighted by molar-refractivity contribution is 7.16. The highest BCUT2D eigenvalue weighted by Crippen LogP contribution is 2.23. The van der Waals surface area contributed by atoms with Crippen LogP contribution in [0, 0.1) is 10.1 Å². The van der Waals surface area contributed by atoms with Gasteiger partial charge in [0.2, 0.25) is 0 Å². The molecule has 1 aromatic heterocycles. The lowest BCUT2D eigenvalue weighted by atomic mass is 10.2. The smallest absolute Gasteiger partial charge is 0.283 e. The molecule has 0 N–H and O–H groups in total. The van der Waals surface area contributed by atoms with Crippen molar-refractivity contribution in [2.75, 3.05) is 7.11 Å². The van der Waals surface area contributed by atoms with Crippen molar-refractivity contribution in [1.29, 1.82) is 0 Å². The largest absolute Gasteiger partial charge is 0.496 e. The molecule has 132 valence electrons. The van der Waals surface area contributed by atoms with Gasteiger partial charge in [-0.3, -0.25) is 14.9 Å². The quantitative estimate of drug-likeness (QED) is 0.391. The van der Waals surface area contributed by atoms with Crippen LogP contribution in [0.1, 0.15) is 10.4 Å². The lowest BCUT2D eigenvalue weighted by Gasteiger charge is -2.04. The van der Waals surface area contributed by atoms with Gasteiger partial charge in [-0.15, -0.1) is 6.58 Å². The molecule has 3 rings (SSSR count). The zero-order valence-electron chi connectivity index (χ0n) is 13.9. The van der Waals surface area contributed by atoms with Crippen molar-refractivity contribution in [2.45, 2.75) is 6.54 Å². The second-order valence-corrected chi connectivity index (χ2v) is 6.32. The van der Waals surface area contributed by atoms with Crippen molar-refractivity contribution in [1.82, 2.24) is 4.57 Å². The number of nitrogens with zero attached hydrogens (tertiary/aromatic N) is 3. The van der Waals surface area contributed by atoms with Crippen LogP contribution in [0.2, 0.25) is 0 Å². The number of fused-ring (bicyclic) bond motifs is 1. The molecule has 0 saturated heterocycles. The topological polar surface area (TPSA) is 86.7 Å². The molecule has 0 aliphatic carbocycles. The summed E-state index contributed by atoms with van der Waals surface area (Å²) in [5.41, 5.74) is 0.968. The molecule has 7 nitrogen and oxygen atoms in total. The first-order valence-electron chi connectivity index (χ1n) is 7.66. The van der Waals surface area contributed by atoms with E-state index in [1.54, 1.807) is 41.0 Å². The summed E-state index contributed by atoms with van der Waals surface area (Å²) in [4.78, 5) is 27.9. The van der Waals surface area contributed by atoms with Gasteiger partial charge >= 0.3 is 0 Å². The third-order valence-electron chi connectivity index (χ3n) is 3.72. The number of nitro groups is 1. The molecule has 0 bridgehead atoms. The number of rotatable bonds is 5. The maximum absolute atomic E-state index is 12.6. The Morgan fingerprint density at radius 1 is 1.38 bits per heavy atom. The Morgan fingerprint density at radius 3 is 2.85 bits per heavy atom. The summed E-state index contributed by atoms with van der Waals surface area (Å²) in [5.74, 6) is -0.00501. The Hall–Kier alpha value is -3.26. The minimum absolute atomic E-state index is 0.0179. The summed E-state index contributed by atoms with van der Waals surface area (Å²) in [6.07, 6.45) is 1.65. The zero-order chi connectivity index (χ0) is 18.7. The molecule has 0 aliphatic rings. The Labute approximate surface area is 152 Å². The van der Waals surface area contributed by atoms with Crippen molar-refractivity contribution in [3.05, 3.63) is 75.6 Å². The molecule has 0 unspecified atom stereocenters. The number of amides is 1.